The van der Waals surface area contributed by atoms with Crippen LogP contribution in [0.4, 0.5) is 0 Å². The molecule has 0 atom stereocenters. The Labute approximate surface area is 126 Å². The summed E-state index contributed by atoms with van der Waals surface area (Å²) in [5.74, 6) is -1.39. The molecule has 2 aromatic rings. The molecule has 110 valence electrons. The van der Waals surface area contributed by atoms with Crippen molar-refractivity contribution in [2.24, 2.45) is 7.05 Å². The summed E-state index contributed by atoms with van der Waals surface area (Å²) in [6.45, 7) is 0. The van der Waals surface area contributed by atoms with Crippen LogP contribution in [0.25, 0.3) is 5.57 Å². The molecule has 0 saturated carbocycles. The van der Waals surface area contributed by atoms with Crippen LogP contribution in [-0.4, -0.2) is 27.2 Å². The van der Waals surface area contributed by atoms with Gasteiger partial charge < -0.3 is 9.67 Å². The van der Waals surface area contributed by atoms with Crippen molar-refractivity contribution in [3.63, 3.8) is 0 Å². The SMILES string of the molecule is Cn1c(CC(=O)O)ccc1C1=CC(=O)c2ccccc2C1=O. The van der Waals surface area contributed by atoms with E-state index >= 15 is 0 Å². The number of aliphatic carboxylic acids is 1. The van der Waals surface area contributed by atoms with Gasteiger partial charge in [0.15, 0.2) is 11.6 Å². The number of carbonyl (C=O) groups is 3. The minimum Gasteiger partial charge on any atom is -0.481 e. The van der Waals surface area contributed by atoms with Crippen LogP contribution < -0.4 is 0 Å². The number of fused-ring (bicyclic) bond motifs is 1. The summed E-state index contributed by atoms with van der Waals surface area (Å²) in [6, 6.07) is 10.0. The Morgan fingerprint density at radius 3 is 2.45 bits per heavy atom. The summed E-state index contributed by atoms with van der Waals surface area (Å²) in [5, 5.41) is 8.89. The number of rotatable bonds is 3. The standard InChI is InChI=1S/C17H13NO4/c1-18-10(8-16(20)21)6-7-14(18)13-9-15(19)11-4-2-3-5-12(11)17(13)22/h2-7,9H,8H2,1H3,(H,20,21). The first-order valence-corrected chi connectivity index (χ1v) is 6.75. The molecule has 1 aromatic heterocycles. The molecular formula is C17H13NO4. The molecule has 1 N–H and O–H groups in total. The zero-order chi connectivity index (χ0) is 15.9. The number of benzene rings is 1. The Morgan fingerprint density at radius 2 is 1.77 bits per heavy atom. The van der Waals surface area contributed by atoms with Crippen molar-refractivity contribution in [3.8, 4) is 0 Å². The van der Waals surface area contributed by atoms with E-state index in [4.69, 9.17) is 5.11 Å². The van der Waals surface area contributed by atoms with Crippen molar-refractivity contribution in [2.45, 2.75) is 6.42 Å². The lowest BCUT2D eigenvalue weighted by Crippen LogP contribution is -2.18. The summed E-state index contributed by atoms with van der Waals surface area (Å²) in [6.07, 6.45) is 1.19. The topological polar surface area (TPSA) is 76.4 Å². The highest BCUT2D eigenvalue weighted by atomic mass is 16.4. The van der Waals surface area contributed by atoms with Gasteiger partial charge in [-0.2, -0.15) is 0 Å². The maximum absolute atomic E-state index is 12.6. The van der Waals surface area contributed by atoms with Crippen LogP contribution in [0, 0.1) is 0 Å². The number of aromatic nitrogens is 1. The summed E-state index contributed by atoms with van der Waals surface area (Å²) in [4.78, 5) is 35.6. The number of carboxylic acids is 1. The van der Waals surface area contributed by atoms with Gasteiger partial charge in [-0.3, -0.25) is 14.4 Å². The molecule has 0 fully saturated rings. The molecule has 0 spiro atoms. The number of carbonyl (C=O) groups excluding carboxylic acids is 2. The molecule has 0 saturated heterocycles. The minimum atomic E-state index is -0.946. The highest BCUT2D eigenvalue weighted by Gasteiger charge is 2.27. The number of ketones is 2. The fourth-order valence-electron chi connectivity index (χ4n) is 2.66. The third-order valence-electron chi connectivity index (χ3n) is 3.79. The number of hydrogen-bond donors (Lipinski definition) is 1. The van der Waals surface area contributed by atoms with Crippen LogP contribution in [0.5, 0.6) is 0 Å². The van der Waals surface area contributed by atoms with Gasteiger partial charge >= 0.3 is 5.97 Å². The van der Waals surface area contributed by atoms with Crippen molar-refractivity contribution in [2.75, 3.05) is 0 Å². The second-order valence-corrected chi connectivity index (χ2v) is 5.14. The van der Waals surface area contributed by atoms with E-state index in [0.29, 0.717) is 28.1 Å². The van der Waals surface area contributed by atoms with Crippen molar-refractivity contribution in [1.29, 1.82) is 0 Å². The Hall–Kier alpha value is -2.95. The van der Waals surface area contributed by atoms with Crippen LogP contribution in [0.1, 0.15) is 32.1 Å². The Balaban J connectivity index is 2.07. The maximum atomic E-state index is 12.6. The van der Waals surface area contributed by atoms with Gasteiger partial charge in [-0.05, 0) is 18.2 Å². The molecule has 22 heavy (non-hydrogen) atoms. The highest BCUT2D eigenvalue weighted by molar-refractivity contribution is 6.38. The first-order chi connectivity index (χ1) is 10.5. The van der Waals surface area contributed by atoms with E-state index in [1.807, 2.05) is 0 Å². The van der Waals surface area contributed by atoms with E-state index in [0.717, 1.165) is 0 Å². The smallest absolute Gasteiger partial charge is 0.309 e. The molecule has 1 aliphatic carbocycles. The van der Waals surface area contributed by atoms with E-state index in [1.165, 1.54) is 6.08 Å². The molecule has 5 heteroatoms. The number of nitrogens with zero attached hydrogens (tertiary/aromatic N) is 1. The fourth-order valence-corrected chi connectivity index (χ4v) is 2.66. The zero-order valence-electron chi connectivity index (χ0n) is 11.9. The van der Waals surface area contributed by atoms with Gasteiger partial charge in [0.05, 0.1) is 17.7 Å². The average molecular weight is 295 g/mol. The van der Waals surface area contributed by atoms with Gasteiger partial charge in [0.2, 0.25) is 0 Å². The first kappa shape index (κ1) is 14.0. The van der Waals surface area contributed by atoms with Crippen LogP contribution in [0.15, 0.2) is 42.5 Å². The molecule has 1 heterocycles. The van der Waals surface area contributed by atoms with E-state index in [9.17, 15) is 14.4 Å². The van der Waals surface area contributed by atoms with Gasteiger partial charge in [-0.15, -0.1) is 0 Å². The van der Waals surface area contributed by atoms with Crippen molar-refractivity contribution < 1.29 is 19.5 Å². The summed E-state index contributed by atoms with van der Waals surface area (Å²) in [5.41, 5.74) is 2.19. The number of Topliss-reactive ketones (excluding diaryl/α,β-unsaturated/α-hetero) is 1. The molecule has 0 radical (unpaired) electrons. The van der Waals surface area contributed by atoms with E-state index in [-0.39, 0.29) is 18.0 Å². The Kier molecular flexibility index (Phi) is 3.25. The molecule has 0 amide bonds. The van der Waals surface area contributed by atoms with Crippen LogP contribution in [0.3, 0.4) is 0 Å². The predicted octanol–water partition coefficient (Wildman–Crippen LogP) is 2.11. The zero-order valence-corrected chi connectivity index (χ0v) is 11.9. The largest absolute Gasteiger partial charge is 0.481 e. The molecule has 5 nitrogen and oxygen atoms in total. The first-order valence-electron chi connectivity index (χ1n) is 6.75. The third kappa shape index (κ3) is 2.16. The lowest BCUT2D eigenvalue weighted by atomic mass is 9.88. The predicted molar refractivity (Wildman–Crippen MR) is 79.8 cm³/mol. The van der Waals surface area contributed by atoms with Gasteiger partial charge in [-0.25, -0.2) is 0 Å². The number of carboxylic acid groups (broad SMARTS) is 1. The summed E-state index contributed by atoms with van der Waals surface area (Å²) < 4.78 is 1.64. The van der Waals surface area contributed by atoms with Gasteiger partial charge in [0.1, 0.15) is 0 Å². The van der Waals surface area contributed by atoms with Crippen molar-refractivity contribution >= 4 is 23.1 Å². The monoisotopic (exact) mass is 295 g/mol. The second kappa shape index (κ2) is 5.11. The molecule has 0 bridgehead atoms. The van der Waals surface area contributed by atoms with E-state index in [1.54, 1.807) is 48.0 Å². The van der Waals surface area contributed by atoms with Crippen LogP contribution in [0.2, 0.25) is 0 Å². The summed E-state index contributed by atoms with van der Waals surface area (Å²) >= 11 is 0. The minimum absolute atomic E-state index is 0.136. The Morgan fingerprint density at radius 1 is 1.09 bits per heavy atom. The Bertz CT molecular complexity index is 842. The fraction of sp³-hybridized carbons (Fsp3) is 0.118. The van der Waals surface area contributed by atoms with Crippen LogP contribution >= 0.6 is 0 Å². The maximum Gasteiger partial charge on any atom is 0.309 e. The van der Waals surface area contributed by atoms with E-state index in [2.05, 4.69) is 0 Å². The van der Waals surface area contributed by atoms with Crippen LogP contribution in [-0.2, 0) is 18.3 Å². The molecular weight excluding hydrogens is 282 g/mol. The number of hydrogen-bond acceptors (Lipinski definition) is 3. The van der Waals surface area contributed by atoms with Gasteiger partial charge in [0.25, 0.3) is 0 Å². The molecule has 1 aromatic carbocycles. The van der Waals surface area contributed by atoms with Crippen molar-refractivity contribution in [1.82, 2.24) is 4.57 Å². The summed E-state index contributed by atoms with van der Waals surface area (Å²) in [7, 11) is 1.69. The molecule has 0 unspecified atom stereocenters. The molecule has 1 aliphatic rings. The quantitative estimate of drug-likeness (QED) is 0.941. The van der Waals surface area contributed by atoms with Gasteiger partial charge in [0, 0.05) is 23.9 Å². The third-order valence-corrected chi connectivity index (χ3v) is 3.79. The molecule has 3 rings (SSSR count). The number of allylic oxidation sites excluding steroid dienone is 2. The average Bonchev–Trinajstić information content (AvgIpc) is 2.84. The lowest BCUT2D eigenvalue weighted by molar-refractivity contribution is -0.136. The van der Waals surface area contributed by atoms with Crippen molar-refractivity contribution in [3.05, 3.63) is 65.0 Å². The second-order valence-electron chi connectivity index (χ2n) is 5.14. The van der Waals surface area contributed by atoms with Gasteiger partial charge in [-0.1, -0.05) is 24.3 Å². The normalized spacial score (nSPS) is 13.8. The molecule has 0 aliphatic heterocycles. The van der Waals surface area contributed by atoms with E-state index < -0.39 is 5.97 Å². The highest BCUT2D eigenvalue weighted by Crippen LogP contribution is 2.28. The lowest BCUT2D eigenvalue weighted by Gasteiger charge is -2.16.